The second-order valence-electron chi connectivity index (χ2n) is 6.20. The third kappa shape index (κ3) is 9.33. The fourth-order valence-electron chi connectivity index (χ4n) is 2.12. The predicted octanol–water partition coefficient (Wildman–Crippen LogP) is 2.74. The number of hydrogen-bond donors (Lipinski definition) is 2. The summed E-state index contributed by atoms with van der Waals surface area (Å²) in [5, 5.41) is 10.2. The van der Waals surface area contributed by atoms with E-state index in [0.29, 0.717) is 50.2 Å². The SMILES string of the molecule is CCNC(=NCc1cc(C(C)C)no1)NCCCN(C)CC(F)(F)F. The molecule has 1 aromatic rings. The first-order chi connectivity index (χ1) is 11.7. The summed E-state index contributed by atoms with van der Waals surface area (Å²) in [5.74, 6) is 1.57. The number of rotatable bonds is 9. The van der Waals surface area contributed by atoms with Gasteiger partial charge < -0.3 is 15.2 Å². The van der Waals surface area contributed by atoms with Gasteiger partial charge >= 0.3 is 6.18 Å². The summed E-state index contributed by atoms with van der Waals surface area (Å²) >= 11 is 0. The standard InChI is InChI=1S/C16H28F3N5O/c1-5-20-15(21-7-6-8-24(4)11-16(17,18)19)22-10-13-9-14(12(2)3)23-25-13/h9,12H,5-8,10-11H2,1-4H3,(H2,20,21,22). The molecule has 1 heterocycles. The molecule has 2 N–H and O–H groups in total. The number of nitrogens with zero attached hydrogens (tertiary/aromatic N) is 3. The Kier molecular flexibility index (Phi) is 8.74. The van der Waals surface area contributed by atoms with E-state index in [1.165, 1.54) is 11.9 Å². The minimum atomic E-state index is -4.16. The highest BCUT2D eigenvalue weighted by atomic mass is 19.4. The molecule has 0 bridgehead atoms. The normalized spacial score (nSPS) is 12.9. The number of halogens is 3. The van der Waals surface area contributed by atoms with Crippen LogP contribution in [-0.4, -0.2) is 55.4 Å². The topological polar surface area (TPSA) is 65.7 Å². The number of aromatic nitrogens is 1. The van der Waals surface area contributed by atoms with E-state index in [9.17, 15) is 13.2 Å². The smallest absolute Gasteiger partial charge is 0.359 e. The molecular weight excluding hydrogens is 335 g/mol. The summed E-state index contributed by atoms with van der Waals surface area (Å²) in [5.41, 5.74) is 0.885. The van der Waals surface area contributed by atoms with Crippen LogP contribution < -0.4 is 10.6 Å². The molecule has 0 saturated carbocycles. The van der Waals surface area contributed by atoms with Crippen molar-refractivity contribution in [3.05, 3.63) is 17.5 Å². The zero-order valence-corrected chi connectivity index (χ0v) is 15.3. The first-order valence-electron chi connectivity index (χ1n) is 8.44. The molecular formula is C16H28F3N5O. The van der Waals surface area contributed by atoms with Crippen LogP contribution in [0.1, 0.15) is 44.6 Å². The Balaban J connectivity index is 2.40. The molecule has 0 atom stereocenters. The minimum absolute atomic E-state index is 0.293. The fraction of sp³-hybridized carbons (Fsp3) is 0.750. The van der Waals surface area contributed by atoms with Crippen molar-refractivity contribution in [2.24, 2.45) is 4.99 Å². The van der Waals surface area contributed by atoms with Crippen LogP contribution in [-0.2, 0) is 6.54 Å². The van der Waals surface area contributed by atoms with Gasteiger partial charge in [-0.25, -0.2) is 4.99 Å². The molecule has 0 unspecified atom stereocenters. The maximum absolute atomic E-state index is 12.3. The molecule has 144 valence electrons. The summed E-state index contributed by atoms with van der Waals surface area (Å²) in [7, 11) is 1.46. The van der Waals surface area contributed by atoms with E-state index >= 15 is 0 Å². The number of alkyl halides is 3. The van der Waals surface area contributed by atoms with Gasteiger partial charge in [-0.2, -0.15) is 13.2 Å². The van der Waals surface area contributed by atoms with Gasteiger partial charge in [-0.05, 0) is 32.9 Å². The second kappa shape index (κ2) is 10.3. The van der Waals surface area contributed by atoms with Gasteiger partial charge in [-0.3, -0.25) is 4.90 Å². The maximum Gasteiger partial charge on any atom is 0.401 e. The molecule has 1 rings (SSSR count). The van der Waals surface area contributed by atoms with E-state index in [2.05, 4.69) is 20.8 Å². The fourth-order valence-corrected chi connectivity index (χ4v) is 2.12. The Morgan fingerprint density at radius 2 is 2.08 bits per heavy atom. The third-order valence-corrected chi connectivity index (χ3v) is 3.36. The van der Waals surface area contributed by atoms with Crippen LogP contribution in [0.25, 0.3) is 0 Å². The largest absolute Gasteiger partial charge is 0.401 e. The zero-order valence-electron chi connectivity index (χ0n) is 15.3. The van der Waals surface area contributed by atoms with E-state index in [1.807, 2.05) is 26.8 Å². The molecule has 0 aliphatic carbocycles. The van der Waals surface area contributed by atoms with Crippen LogP contribution in [0, 0.1) is 0 Å². The second-order valence-corrected chi connectivity index (χ2v) is 6.20. The molecule has 0 aliphatic rings. The van der Waals surface area contributed by atoms with Crippen LogP contribution in [0.2, 0.25) is 0 Å². The van der Waals surface area contributed by atoms with Gasteiger partial charge in [-0.15, -0.1) is 0 Å². The van der Waals surface area contributed by atoms with E-state index in [1.54, 1.807) is 0 Å². The van der Waals surface area contributed by atoms with E-state index in [-0.39, 0.29) is 0 Å². The van der Waals surface area contributed by atoms with Crippen LogP contribution >= 0.6 is 0 Å². The summed E-state index contributed by atoms with van der Waals surface area (Å²) < 4.78 is 42.0. The van der Waals surface area contributed by atoms with Crippen LogP contribution in [0.3, 0.4) is 0 Å². The Hall–Kier alpha value is -1.77. The van der Waals surface area contributed by atoms with Crippen molar-refractivity contribution in [2.45, 2.75) is 45.8 Å². The van der Waals surface area contributed by atoms with Gasteiger partial charge in [0.2, 0.25) is 0 Å². The Labute approximate surface area is 146 Å². The lowest BCUT2D eigenvalue weighted by atomic mass is 10.1. The van der Waals surface area contributed by atoms with Crippen molar-refractivity contribution in [2.75, 3.05) is 33.2 Å². The highest BCUT2D eigenvalue weighted by Gasteiger charge is 2.28. The maximum atomic E-state index is 12.3. The molecule has 9 heteroatoms. The number of aliphatic imine (C=N–C) groups is 1. The van der Waals surface area contributed by atoms with Crippen molar-refractivity contribution in [1.29, 1.82) is 0 Å². The molecule has 0 fully saturated rings. The van der Waals surface area contributed by atoms with Gasteiger partial charge in [0, 0.05) is 19.2 Å². The monoisotopic (exact) mass is 363 g/mol. The van der Waals surface area contributed by atoms with Crippen molar-refractivity contribution in [3.8, 4) is 0 Å². The molecule has 0 aromatic carbocycles. The average molecular weight is 363 g/mol. The lowest BCUT2D eigenvalue weighted by Crippen LogP contribution is -2.39. The van der Waals surface area contributed by atoms with Gasteiger partial charge in [0.25, 0.3) is 0 Å². The van der Waals surface area contributed by atoms with Crippen LogP contribution in [0.4, 0.5) is 13.2 Å². The first kappa shape index (κ1) is 21.3. The molecule has 0 saturated heterocycles. The summed E-state index contributed by atoms with van der Waals surface area (Å²) in [4.78, 5) is 5.66. The highest BCUT2D eigenvalue weighted by Crippen LogP contribution is 2.15. The lowest BCUT2D eigenvalue weighted by molar-refractivity contribution is -0.143. The summed E-state index contributed by atoms with van der Waals surface area (Å²) in [6.07, 6.45) is -3.58. The van der Waals surface area contributed by atoms with Crippen molar-refractivity contribution in [3.63, 3.8) is 0 Å². The lowest BCUT2D eigenvalue weighted by Gasteiger charge is -2.18. The van der Waals surface area contributed by atoms with Crippen molar-refractivity contribution >= 4 is 5.96 Å². The third-order valence-electron chi connectivity index (χ3n) is 3.36. The Bertz CT molecular complexity index is 528. The van der Waals surface area contributed by atoms with Gasteiger partial charge in [0.15, 0.2) is 11.7 Å². The van der Waals surface area contributed by atoms with Crippen molar-refractivity contribution < 1.29 is 17.7 Å². The van der Waals surface area contributed by atoms with E-state index in [4.69, 9.17) is 4.52 Å². The molecule has 1 aromatic heterocycles. The number of hydrogen-bond acceptors (Lipinski definition) is 4. The average Bonchev–Trinajstić information content (AvgIpc) is 2.96. The van der Waals surface area contributed by atoms with E-state index in [0.717, 1.165) is 5.69 Å². The van der Waals surface area contributed by atoms with Crippen molar-refractivity contribution in [1.82, 2.24) is 20.7 Å². The van der Waals surface area contributed by atoms with Crippen LogP contribution in [0.15, 0.2) is 15.6 Å². The zero-order chi connectivity index (χ0) is 18.9. The molecule has 25 heavy (non-hydrogen) atoms. The van der Waals surface area contributed by atoms with Crippen LogP contribution in [0.5, 0.6) is 0 Å². The predicted molar refractivity (Wildman–Crippen MR) is 91.6 cm³/mol. The highest BCUT2D eigenvalue weighted by molar-refractivity contribution is 5.79. The molecule has 0 spiro atoms. The molecule has 6 nitrogen and oxygen atoms in total. The first-order valence-corrected chi connectivity index (χ1v) is 8.44. The van der Waals surface area contributed by atoms with Gasteiger partial charge in [-0.1, -0.05) is 19.0 Å². The van der Waals surface area contributed by atoms with Gasteiger partial charge in [0.05, 0.1) is 12.2 Å². The quantitative estimate of drug-likeness (QED) is 0.401. The summed E-state index contributed by atoms with van der Waals surface area (Å²) in [6.45, 7) is 7.03. The number of guanidine groups is 1. The number of nitrogens with one attached hydrogen (secondary N) is 2. The van der Waals surface area contributed by atoms with E-state index < -0.39 is 12.7 Å². The molecule has 0 radical (unpaired) electrons. The summed E-state index contributed by atoms with van der Waals surface area (Å²) in [6, 6.07) is 1.88. The Morgan fingerprint density at radius 1 is 1.36 bits per heavy atom. The minimum Gasteiger partial charge on any atom is -0.359 e. The molecule has 0 amide bonds. The van der Waals surface area contributed by atoms with Gasteiger partial charge in [0.1, 0.15) is 6.54 Å². The Morgan fingerprint density at radius 3 is 2.64 bits per heavy atom. The molecule has 0 aliphatic heterocycles.